The fourth-order valence-electron chi connectivity index (χ4n) is 1.74. The number of aryl methyl sites for hydroxylation is 2. The van der Waals surface area contributed by atoms with Gasteiger partial charge in [0, 0.05) is 6.54 Å². The van der Waals surface area contributed by atoms with Crippen molar-refractivity contribution in [3.8, 4) is 11.5 Å². The minimum Gasteiger partial charge on any atom is -0.461 e. The van der Waals surface area contributed by atoms with Gasteiger partial charge in [-0.2, -0.15) is 5.10 Å². The zero-order valence-corrected chi connectivity index (χ0v) is 10.6. The highest BCUT2D eigenvalue weighted by Gasteiger charge is 2.22. The van der Waals surface area contributed by atoms with E-state index >= 15 is 0 Å². The molecule has 0 aliphatic carbocycles. The molecule has 6 heteroatoms. The molecule has 6 nitrogen and oxygen atoms in total. The predicted octanol–water partition coefficient (Wildman–Crippen LogP) is 2.04. The quantitative estimate of drug-likeness (QED) is 0.775. The monoisotopic (exact) mass is 249 g/mol. The molecule has 2 heterocycles. The minimum absolute atomic E-state index is 0.187. The van der Waals surface area contributed by atoms with Crippen molar-refractivity contribution < 1.29 is 13.9 Å². The van der Waals surface area contributed by atoms with E-state index in [1.165, 1.54) is 6.39 Å². The number of aromatic nitrogens is 3. The van der Waals surface area contributed by atoms with Crippen LogP contribution in [-0.2, 0) is 11.3 Å². The second kappa shape index (κ2) is 5.03. The Bertz CT molecular complexity index is 557. The van der Waals surface area contributed by atoms with Gasteiger partial charge in [-0.15, -0.1) is 0 Å². The zero-order valence-electron chi connectivity index (χ0n) is 10.6. The van der Waals surface area contributed by atoms with Crippen molar-refractivity contribution in [2.45, 2.75) is 27.3 Å². The average Bonchev–Trinajstić information content (AvgIpc) is 2.94. The van der Waals surface area contributed by atoms with E-state index in [9.17, 15) is 4.79 Å². The Hall–Kier alpha value is -2.11. The minimum atomic E-state index is -0.484. The molecule has 0 spiro atoms. The maximum Gasteiger partial charge on any atom is 0.361 e. The Morgan fingerprint density at radius 2 is 2.28 bits per heavy atom. The van der Waals surface area contributed by atoms with Crippen molar-refractivity contribution in [1.29, 1.82) is 0 Å². The van der Waals surface area contributed by atoms with Gasteiger partial charge in [-0.05, 0) is 26.8 Å². The number of carbonyl (C=O) groups is 1. The van der Waals surface area contributed by atoms with E-state index < -0.39 is 5.97 Å². The van der Waals surface area contributed by atoms with Gasteiger partial charge in [-0.3, -0.25) is 4.68 Å². The summed E-state index contributed by atoms with van der Waals surface area (Å²) in [5, 5.41) is 4.31. The summed E-state index contributed by atoms with van der Waals surface area (Å²) in [6.07, 6.45) is 1.24. The largest absolute Gasteiger partial charge is 0.461 e. The van der Waals surface area contributed by atoms with Gasteiger partial charge in [-0.25, -0.2) is 9.78 Å². The van der Waals surface area contributed by atoms with Crippen molar-refractivity contribution in [3.63, 3.8) is 0 Å². The number of ether oxygens (including phenoxy) is 1. The second-order valence-corrected chi connectivity index (χ2v) is 3.74. The number of hydrogen-bond donors (Lipinski definition) is 0. The van der Waals surface area contributed by atoms with Gasteiger partial charge in [0.1, 0.15) is 5.69 Å². The number of nitrogens with zero attached hydrogens (tertiary/aromatic N) is 3. The Morgan fingerprint density at radius 1 is 1.50 bits per heavy atom. The number of esters is 1. The van der Waals surface area contributed by atoms with Gasteiger partial charge >= 0.3 is 5.97 Å². The summed E-state index contributed by atoms with van der Waals surface area (Å²) in [5.41, 5.74) is 1.78. The highest BCUT2D eigenvalue weighted by molar-refractivity contribution is 5.93. The maximum absolute atomic E-state index is 11.7. The number of oxazole rings is 1. The molecule has 2 aromatic heterocycles. The van der Waals surface area contributed by atoms with Gasteiger partial charge < -0.3 is 9.15 Å². The molecule has 0 aliphatic rings. The molecule has 0 radical (unpaired) electrons. The van der Waals surface area contributed by atoms with E-state index in [1.807, 2.05) is 19.9 Å². The van der Waals surface area contributed by atoms with Gasteiger partial charge in [0.2, 0.25) is 0 Å². The van der Waals surface area contributed by atoms with E-state index in [0.717, 1.165) is 11.4 Å². The molecular weight excluding hydrogens is 234 g/mol. The molecule has 0 bridgehead atoms. The molecule has 0 saturated heterocycles. The summed E-state index contributed by atoms with van der Waals surface area (Å²) >= 11 is 0. The molecule has 96 valence electrons. The topological polar surface area (TPSA) is 70.2 Å². The molecule has 2 rings (SSSR count). The summed E-state index contributed by atoms with van der Waals surface area (Å²) in [6.45, 7) is 6.59. The maximum atomic E-state index is 11.7. The van der Waals surface area contributed by atoms with Crippen LogP contribution in [0.1, 0.15) is 30.0 Å². The predicted molar refractivity (Wildman–Crippen MR) is 64.1 cm³/mol. The lowest BCUT2D eigenvalue weighted by atomic mass is 10.2. The third kappa shape index (κ3) is 2.13. The summed E-state index contributed by atoms with van der Waals surface area (Å²) in [6, 6.07) is 1.85. The van der Waals surface area contributed by atoms with Crippen molar-refractivity contribution in [2.24, 2.45) is 0 Å². The van der Waals surface area contributed by atoms with Crippen molar-refractivity contribution in [2.75, 3.05) is 6.61 Å². The molecule has 0 aliphatic heterocycles. The van der Waals surface area contributed by atoms with E-state index in [0.29, 0.717) is 18.9 Å². The smallest absolute Gasteiger partial charge is 0.361 e. The first-order valence-electron chi connectivity index (χ1n) is 5.82. The zero-order chi connectivity index (χ0) is 13.1. The summed E-state index contributed by atoms with van der Waals surface area (Å²) in [4.78, 5) is 15.6. The summed E-state index contributed by atoms with van der Waals surface area (Å²) in [5.74, 6) is -0.0846. The van der Waals surface area contributed by atoms with Gasteiger partial charge in [0.05, 0.1) is 12.3 Å². The first-order valence-corrected chi connectivity index (χ1v) is 5.82. The molecule has 0 atom stereocenters. The fraction of sp³-hybridized carbons (Fsp3) is 0.417. The van der Waals surface area contributed by atoms with Crippen LogP contribution in [-0.4, -0.2) is 27.3 Å². The van der Waals surface area contributed by atoms with Gasteiger partial charge in [0.15, 0.2) is 17.8 Å². The van der Waals surface area contributed by atoms with E-state index in [4.69, 9.17) is 9.15 Å². The molecule has 0 N–H and O–H groups in total. The van der Waals surface area contributed by atoms with Gasteiger partial charge in [0.25, 0.3) is 0 Å². The normalized spacial score (nSPS) is 10.6. The standard InChI is InChI=1S/C12H15N3O3/c1-4-15-9(6-8(3)14-15)11-10(13-7-18-11)12(16)17-5-2/h6-7H,4-5H2,1-3H3. The molecule has 0 unspecified atom stereocenters. The number of carbonyl (C=O) groups excluding carboxylic acids is 1. The van der Waals surface area contributed by atoms with Crippen LogP contribution in [0.25, 0.3) is 11.5 Å². The highest BCUT2D eigenvalue weighted by Crippen LogP contribution is 2.24. The lowest BCUT2D eigenvalue weighted by Crippen LogP contribution is -2.08. The van der Waals surface area contributed by atoms with Crippen LogP contribution < -0.4 is 0 Å². The van der Waals surface area contributed by atoms with E-state index in [-0.39, 0.29) is 5.69 Å². The van der Waals surface area contributed by atoms with Crippen molar-refractivity contribution in [1.82, 2.24) is 14.8 Å². The molecule has 0 aromatic carbocycles. The Kier molecular flexibility index (Phi) is 3.45. The first-order chi connectivity index (χ1) is 8.67. The van der Waals surface area contributed by atoms with Crippen LogP contribution in [0.15, 0.2) is 16.9 Å². The number of hydrogen-bond acceptors (Lipinski definition) is 5. The first kappa shape index (κ1) is 12.3. The van der Waals surface area contributed by atoms with Crippen LogP contribution in [0.2, 0.25) is 0 Å². The molecule has 0 saturated carbocycles. The van der Waals surface area contributed by atoms with Crippen molar-refractivity contribution >= 4 is 5.97 Å². The van der Waals surface area contributed by atoms with Crippen LogP contribution >= 0.6 is 0 Å². The third-order valence-electron chi connectivity index (χ3n) is 2.47. The lowest BCUT2D eigenvalue weighted by molar-refractivity contribution is 0.0520. The Balaban J connectivity index is 2.45. The molecule has 0 amide bonds. The van der Waals surface area contributed by atoms with Crippen LogP contribution in [0.3, 0.4) is 0 Å². The summed E-state index contributed by atoms with van der Waals surface area (Å²) < 4.78 is 12.0. The average molecular weight is 249 g/mol. The van der Waals surface area contributed by atoms with Gasteiger partial charge in [-0.1, -0.05) is 0 Å². The lowest BCUT2D eigenvalue weighted by Gasteiger charge is -2.03. The third-order valence-corrected chi connectivity index (χ3v) is 2.47. The van der Waals surface area contributed by atoms with Crippen LogP contribution in [0.4, 0.5) is 0 Å². The van der Waals surface area contributed by atoms with E-state index in [1.54, 1.807) is 11.6 Å². The van der Waals surface area contributed by atoms with E-state index in [2.05, 4.69) is 10.1 Å². The Labute approximate surface area is 105 Å². The number of rotatable bonds is 4. The fourth-order valence-corrected chi connectivity index (χ4v) is 1.74. The summed E-state index contributed by atoms with van der Waals surface area (Å²) in [7, 11) is 0. The van der Waals surface area contributed by atoms with Crippen LogP contribution in [0.5, 0.6) is 0 Å². The molecule has 0 fully saturated rings. The molecule has 18 heavy (non-hydrogen) atoms. The Morgan fingerprint density at radius 3 is 2.94 bits per heavy atom. The highest BCUT2D eigenvalue weighted by atomic mass is 16.5. The molecular formula is C12H15N3O3. The molecule has 2 aromatic rings. The SMILES string of the molecule is CCOC(=O)c1ncoc1-c1cc(C)nn1CC. The van der Waals surface area contributed by atoms with Crippen LogP contribution in [0, 0.1) is 6.92 Å². The second-order valence-electron chi connectivity index (χ2n) is 3.74. The van der Waals surface area contributed by atoms with Crippen molar-refractivity contribution in [3.05, 3.63) is 23.8 Å².